The zero-order chi connectivity index (χ0) is 17.6. The van der Waals surface area contributed by atoms with Crippen LogP contribution in [0.25, 0.3) is 12.2 Å². The predicted octanol–water partition coefficient (Wildman–Crippen LogP) is 6.38. The summed E-state index contributed by atoms with van der Waals surface area (Å²) in [7, 11) is 1.01. The van der Waals surface area contributed by atoms with Crippen LogP contribution in [0.1, 0.15) is 56.3 Å². The van der Waals surface area contributed by atoms with Crippen molar-refractivity contribution in [2.75, 3.05) is 0 Å². The van der Waals surface area contributed by atoms with Gasteiger partial charge in [0.05, 0.1) is 0 Å². The first kappa shape index (κ1) is 16.6. The first-order chi connectivity index (χ1) is 12.1. The second-order valence-corrected chi connectivity index (χ2v) is 8.96. The van der Waals surface area contributed by atoms with Crippen LogP contribution in [-0.2, 0) is 0 Å². The normalized spacial score (nSPS) is 20.2. The number of benzene rings is 2. The topological polar surface area (TPSA) is 0 Å². The molecule has 0 saturated carbocycles. The molecule has 0 nitrogen and oxygen atoms in total. The molecule has 1 heteroatoms. The van der Waals surface area contributed by atoms with E-state index < -0.39 is 0 Å². The van der Waals surface area contributed by atoms with Gasteiger partial charge in [-0.25, -0.2) is 0 Å². The van der Waals surface area contributed by atoms with Gasteiger partial charge < -0.3 is 0 Å². The molecule has 0 fully saturated rings. The molecule has 0 N–H and O–H groups in total. The van der Waals surface area contributed by atoms with E-state index in [9.17, 15) is 0 Å². The summed E-state index contributed by atoms with van der Waals surface area (Å²) in [5, 5.41) is 0. The van der Waals surface area contributed by atoms with Crippen molar-refractivity contribution >= 4 is 21.7 Å². The molecule has 0 aromatic heterocycles. The average Bonchev–Trinajstić information content (AvgIpc) is 3.21. The molecule has 0 spiro atoms. The quantitative estimate of drug-likeness (QED) is 0.565. The van der Waals surface area contributed by atoms with E-state index in [-0.39, 0.29) is 0 Å². The molecule has 0 amide bonds. The van der Waals surface area contributed by atoms with Crippen molar-refractivity contribution in [1.29, 1.82) is 0 Å². The van der Waals surface area contributed by atoms with Crippen molar-refractivity contribution in [3.8, 4) is 0 Å². The van der Waals surface area contributed by atoms with Gasteiger partial charge >= 0.3 is 0 Å². The molecule has 2 aliphatic rings. The lowest BCUT2D eigenvalue weighted by molar-refractivity contribution is 0.921. The largest absolute Gasteiger partial charge is 0.0767 e. The molecule has 2 unspecified atom stereocenters. The van der Waals surface area contributed by atoms with Crippen molar-refractivity contribution in [3.63, 3.8) is 0 Å². The van der Waals surface area contributed by atoms with E-state index in [1.165, 1.54) is 45.5 Å². The molecule has 0 saturated heterocycles. The Bertz CT molecular complexity index is 812. The zero-order valence-electron chi connectivity index (χ0n) is 15.7. The van der Waals surface area contributed by atoms with Crippen molar-refractivity contribution < 1.29 is 0 Å². The Labute approximate surface area is 154 Å². The van der Waals surface area contributed by atoms with Crippen LogP contribution in [0.5, 0.6) is 0 Å². The summed E-state index contributed by atoms with van der Waals surface area (Å²) in [6.45, 7) is 9.00. The van der Waals surface area contributed by atoms with Gasteiger partial charge in [0, 0.05) is 21.4 Å². The van der Waals surface area contributed by atoms with E-state index in [1.54, 1.807) is 11.1 Å². The summed E-state index contributed by atoms with van der Waals surface area (Å²) in [5.41, 5.74) is 11.9. The van der Waals surface area contributed by atoms with Gasteiger partial charge in [0.25, 0.3) is 0 Å². The standard InChI is InChI=1S/C24H26Si/c1-15-5-7-17(3)23-19(9-11-21(15)23)13-25-14-20-10-12-22-16(2)6-8-18(4)24(20)22/h5-12,19-20H,13-14H2,1-4H3. The van der Waals surface area contributed by atoms with Gasteiger partial charge in [-0.15, -0.1) is 0 Å². The summed E-state index contributed by atoms with van der Waals surface area (Å²) < 4.78 is 0. The van der Waals surface area contributed by atoms with Crippen LogP contribution in [0.4, 0.5) is 0 Å². The molecule has 0 aliphatic heterocycles. The Kier molecular flexibility index (Phi) is 4.29. The highest BCUT2D eigenvalue weighted by molar-refractivity contribution is 6.36. The summed E-state index contributed by atoms with van der Waals surface area (Å²) in [6.07, 6.45) is 9.58. The van der Waals surface area contributed by atoms with E-state index in [1.807, 2.05) is 0 Å². The monoisotopic (exact) mass is 342 g/mol. The highest BCUT2D eigenvalue weighted by atomic mass is 28.2. The third-order valence-electron chi connectivity index (χ3n) is 5.91. The van der Waals surface area contributed by atoms with Gasteiger partial charge in [0.1, 0.15) is 0 Å². The molecule has 126 valence electrons. The SMILES string of the molecule is Cc1ccc(C)c2c1C=CC2C[Si]CC1C=Cc2c(C)ccc(C)c21. The summed E-state index contributed by atoms with van der Waals surface area (Å²) in [4.78, 5) is 0. The van der Waals surface area contributed by atoms with E-state index in [2.05, 4.69) is 76.3 Å². The number of allylic oxidation sites excluding steroid dienone is 2. The second-order valence-electron chi connectivity index (χ2n) is 7.64. The molecule has 2 aromatic rings. The van der Waals surface area contributed by atoms with Gasteiger partial charge in [0.2, 0.25) is 0 Å². The minimum atomic E-state index is 0.622. The fourth-order valence-corrected chi connectivity index (χ4v) is 5.96. The maximum Gasteiger partial charge on any atom is 0.0397 e. The lowest BCUT2D eigenvalue weighted by atomic mass is 9.94. The molecular weight excluding hydrogens is 316 g/mol. The van der Waals surface area contributed by atoms with Crippen LogP contribution in [0, 0.1) is 27.7 Å². The first-order valence-electron chi connectivity index (χ1n) is 9.33. The van der Waals surface area contributed by atoms with Crippen LogP contribution < -0.4 is 0 Å². The zero-order valence-corrected chi connectivity index (χ0v) is 16.7. The summed E-state index contributed by atoms with van der Waals surface area (Å²) in [6, 6.07) is 11.7. The van der Waals surface area contributed by atoms with Gasteiger partial charge in [0.15, 0.2) is 0 Å². The summed E-state index contributed by atoms with van der Waals surface area (Å²) in [5.74, 6) is 1.24. The van der Waals surface area contributed by atoms with Gasteiger partial charge in [-0.05, 0) is 72.2 Å². The molecule has 2 radical (unpaired) electrons. The van der Waals surface area contributed by atoms with Crippen LogP contribution >= 0.6 is 0 Å². The fourth-order valence-electron chi connectivity index (χ4n) is 4.49. The van der Waals surface area contributed by atoms with Crippen molar-refractivity contribution in [2.45, 2.75) is 51.6 Å². The molecule has 4 rings (SSSR count). The minimum Gasteiger partial charge on any atom is -0.0767 e. The number of hydrogen-bond donors (Lipinski definition) is 0. The van der Waals surface area contributed by atoms with E-state index >= 15 is 0 Å². The molecule has 2 aromatic carbocycles. The molecule has 25 heavy (non-hydrogen) atoms. The second kappa shape index (κ2) is 6.46. The Morgan fingerprint density at radius 2 is 1.04 bits per heavy atom. The Hall–Kier alpha value is -1.86. The van der Waals surface area contributed by atoms with Crippen LogP contribution in [0.3, 0.4) is 0 Å². The first-order valence-corrected chi connectivity index (χ1v) is 10.7. The molecule has 0 bridgehead atoms. The fraction of sp³-hybridized carbons (Fsp3) is 0.333. The maximum atomic E-state index is 2.44. The van der Waals surface area contributed by atoms with Gasteiger partial charge in [-0.2, -0.15) is 0 Å². The van der Waals surface area contributed by atoms with Crippen molar-refractivity contribution in [2.24, 2.45) is 0 Å². The number of aryl methyl sites for hydroxylation is 4. The summed E-state index contributed by atoms with van der Waals surface area (Å²) >= 11 is 0. The lowest BCUT2D eigenvalue weighted by Crippen LogP contribution is -2.05. The third-order valence-corrected chi connectivity index (χ3v) is 7.36. The van der Waals surface area contributed by atoms with E-state index in [4.69, 9.17) is 0 Å². The number of fused-ring (bicyclic) bond motifs is 2. The minimum absolute atomic E-state index is 0.622. The van der Waals surface area contributed by atoms with Gasteiger partial charge in [-0.3, -0.25) is 0 Å². The average molecular weight is 343 g/mol. The van der Waals surface area contributed by atoms with Crippen LogP contribution in [0.15, 0.2) is 36.4 Å². The van der Waals surface area contributed by atoms with Crippen molar-refractivity contribution in [1.82, 2.24) is 0 Å². The lowest BCUT2D eigenvalue weighted by Gasteiger charge is -2.17. The molecule has 0 heterocycles. The Balaban J connectivity index is 1.46. The highest BCUT2D eigenvalue weighted by Gasteiger charge is 2.23. The van der Waals surface area contributed by atoms with E-state index in [0.717, 1.165) is 9.52 Å². The highest BCUT2D eigenvalue weighted by Crippen LogP contribution is 2.40. The van der Waals surface area contributed by atoms with Crippen molar-refractivity contribution in [3.05, 3.63) is 80.9 Å². The van der Waals surface area contributed by atoms with E-state index in [0.29, 0.717) is 11.8 Å². The Morgan fingerprint density at radius 1 is 0.640 bits per heavy atom. The molecule has 2 atom stereocenters. The third kappa shape index (κ3) is 2.85. The van der Waals surface area contributed by atoms with Crippen LogP contribution in [0.2, 0.25) is 12.1 Å². The molecule has 2 aliphatic carbocycles. The van der Waals surface area contributed by atoms with Crippen LogP contribution in [-0.4, -0.2) is 9.52 Å². The number of rotatable bonds is 4. The Morgan fingerprint density at radius 3 is 1.48 bits per heavy atom. The smallest absolute Gasteiger partial charge is 0.0397 e. The van der Waals surface area contributed by atoms with Gasteiger partial charge in [-0.1, -0.05) is 60.7 Å². The maximum absolute atomic E-state index is 2.44. The number of hydrogen-bond acceptors (Lipinski definition) is 0. The predicted molar refractivity (Wildman–Crippen MR) is 111 cm³/mol. The molecular formula is C24H26Si.